The molecule has 0 rings (SSSR count). The fourth-order valence-electron chi connectivity index (χ4n) is 7.25. The third kappa shape index (κ3) is 45.1. The van der Waals surface area contributed by atoms with Crippen LogP contribution in [0.15, 0.2) is 24.3 Å². The van der Waals surface area contributed by atoms with E-state index in [0.29, 0.717) is 19.4 Å². The second-order valence-corrected chi connectivity index (χ2v) is 16.7. The minimum absolute atomic E-state index is 0.0870. The summed E-state index contributed by atoms with van der Waals surface area (Å²) in [6.45, 7) is 7.80. The smallest absolute Gasteiger partial charge is 0.306 e. The zero-order valence-corrected chi connectivity index (χ0v) is 37.9. The molecule has 0 aliphatic heterocycles. The van der Waals surface area contributed by atoms with Crippen molar-refractivity contribution in [2.24, 2.45) is 0 Å². The monoisotopic (exact) mass is 789 g/mol. The number of unbranched alkanes of at least 4 members (excludes halogenated alkanes) is 31. The molecule has 0 saturated carbocycles. The van der Waals surface area contributed by atoms with Gasteiger partial charge in [0.05, 0.1) is 6.61 Å². The fraction of sp³-hybridized carbons (Fsp3) is 0.882. The van der Waals surface area contributed by atoms with Crippen LogP contribution in [-0.2, 0) is 23.8 Å². The second-order valence-electron chi connectivity index (χ2n) is 16.7. The van der Waals surface area contributed by atoms with Gasteiger partial charge in [0.25, 0.3) is 0 Å². The van der Waals surface area contributed by atoms with Gasteiger partial charge in [-0.3, -0.25) is 9.59 Å². The highest BCUT2D eigenvalue weighted by atomic mass is 16.6. The first kappa shape index (κ1) is 54.4. The largest absolute Gasteiger partial charge is 0.462 e. The van der Waals surface area contributed by atoms with E-state index in [2.05, 4.69) is 45.1 Å². The number of allylic oxidation sites excluding steroid dienone is 4. The molecule has 0 bridgehead atoms. The third-order valence-corrected chi connectivity index (χ3v) is 11.0. The zero-order valence-electron chi connectivity index (χ0n) is 37.9. The highest BCUT2D eigenvalue weighted by molar-refractivity contribution is 5.70. The highest BCUT2D eigenvalue weighted by Gasteiger charge is 2.17. The van der Waals surface area contributed by atoms with Crippen LogP contribution in [0.5, 0.6) is 0 Å². The van der Waals surface area contributed by atoms with E-state index in [1.54, 1.807) is 0 Å². The maximum atomic E-state index is 12.7. The van der Waals surface area contributed by atoms with Gasteiger partial charge in [-0.2, -0.15) is 0 Å². The quantitative estimate of drug-likeness (QED) is 0.0349. The van der Waals surface area contributed by atoms with Crippen molar-refractivity contribution < 1.29 is 23.8 Å². The Balaban J connectivity index is 4.22. The average molecular weight is 789 g/mol. The van der Waals surface area contributed by atoms with Gasteiger partial charge in [0.2, 0.25) is 0 Å². The number of hydrogen-bond donors (Lipinski definition) is 0. The van der Waals surface area contributed by atoms with Gasteiger partial charge in [-0.05, 0) is 44.9 Å². The van der Waals surface area contributed by atoms with Crippen LogP contribution in [0, 0.1) is 0 Å². The number of esters is 2. The molecule has 0 saturated heterocycles. The molecule has 0 radical (unpaired) electrons. The normalized spacial score (nSPS) is 12.3. The SMILES string of the molecule is CCC/C=C\C/C=C\CCCCCCCC(=O)OC(COCCCCCCCCCCCCCC)COC(=O)CCCCCCCCCCCCCCCCC. The maximum absolute atomic E-state index is 12.7. The molecule has 0 aromatic carbocycles. The highest BCUT2D eigenvalue weighted by Crippen LogP contribution is 2.15. The fourth-order valence-corrected chi connectivity index (χ4v) is 7.25. The van der Waals surface area contributed by atoms with Gasteiger partial charge in [-0.15, -0.1) is 0 Å². The molecule has 0 amide bonds. The van der Waals surface area contributed by atoms with Crippen molar-refractivity contribution in [2.75, 3.05) is 19.8 Å². The Bertz CT molecular complexity index is 851. The molecule has 5 nitrogen and oxygen atoms in total. The summed E-state index contributed by atoms with van der Waals surface area (Å²) < 4.78 is 17.4. The summed E-state index contributed by atoms with van der Waals surface area (Å²) in [5.41, 5.74) is 0. The summed E-state index contributed by atoms with van der Waals surface area (Å²) in [7, 11) is 0. The molecular formula is C51H96O5. The molecule has 0 aromatic heterocycles. The molecular weight excluding hydrogens is 693 g/mol. The summed E-state index contributed by atoms with van der Waals surface area (Å²) in [6, 6.07) is 0. The molecule has 0 spiro atoms. The summed E-state index contributed by atoms with van der Waals surface area (Å²) >= 11 is 0. The van der Waals surface area contributed by atoms with E-state index < -0.39 is 6.10 Å². The Labute approximate surface area is 349 Å². The molecule has 0 heterocycles. The molecule has 0 N–H and O–H groups in total. The van der Waals surface area contributed by atoms with E-state index in [9.17, 15) is 9.59 Å². The van der Waals surface area contributed by atoms with Crippen LogP contribution >= 0.6 is 0 Å². The zero-order chi connectivity index (χ0) is 40.7. The number of ether oxygens (including phenoxy) is 3. The molecule has 56 heavy (non-hydrogen) atoms. The van der Waals surface area contributed by atoms with Crippen LogP contribution in [0.1, 0.15) is 265 Å². The molecule has 1 unspecified atom stereocenters. The lowest BCUT2D eigenvalue weighted by atomic mass is 10.0. The lowest BCUT2D eigenvalue weighted by Gasteiger charge is -2.18. The van der Waals surface area contributed by atoms with Gasteiger partial charge in [0.15, 0.2) is 6.10 Å². The molecule has 0 aliphatic carbocycles. The Hall–Kier alpha value is -1.62. The van der Waals surface area contributed by atoms with Gasteiger partial charge in [0.1, 0.15) is 6.61 Å². The van der Waals surface area contributed by atoms with Crippen molar-refractivity contribution in [3.8, 4) is 0 Å². The van der Waals surface area contributed by atoms with E-state index in [4.69, 9.17) is 14.2 Å². The topological polar surface area (TPSA) is 61.8 Å². The molecule has 5 heteroatoms. The van der Waals surface area contributed by atoms with Crippen molar-refractivity contribution in [2.45, 2.75) is 271 Å². The average Bonchev–Trinajstić information content (AvgIpc) is 3.20. The van der Waals surface area contributed by atoms with E-state index in [0.717, 1.165) is 51.4 Å². The van der Waals surface area contributed by atoms with Crippen LogP contribution in [0.3, 0.4) is 0 Å². The molecule has 1 atom stereocenters. The molecule has 0 aromatic rings. The standard InChI is InChI=1S/C51H96O5/c1-4-7-10-13-16-19-22-25-26-28-29-32-35-38-41-44-50(52)55-48-49(47-54-46-43-40-37-34-31-24-21-18-15-12-9-6-3)56-51(53)45-42-39-36-33-30-27-23-20-17-14-11-8-5-2/h11,14,20,23,49H,4-10,12-13,15-19,21-22,24-48H2,1-3H3/b14-11-,23-20-. The summed E-state index contributed by atoms with van der Waals surface area (Å²) in [5.74, 6) is -0.397. The van der Waals surface area contributed by atoms with Gasteiger partial charge in [-0.1, -0.05) is 231 Å². The van der Waals surface area contributed by atoms with Crippen molar-refractivity contribution >= 4 is 11.9 Å². The Morgan fingerprint density at radius 2 is 0.786 bits per heavy atom. The van der Waals surface area contributed by atoms with Crippen molar-refractivity contribution in [1.29, 1.82) is 0 Å². The van der Waals surface area contributed by atoms with E-state index in [1.165, 1.54) is 180 Å². The van der Waals surface area contributed by atoms with Gasteiger partial charge in [0, 0.05) is 19.4 Å². The molecule has 330 valence electrons. The van der Waals surface area contributed by atoms with Gasteiger partial charge >= 0.3 is 11.9 Å². The van der Waals surface area contributed by atoms with Gasteiger partial charge < -0.3 is 14.2 Å². The van der Waals surface area contributed by atoms with Crippen molar-refractivity contribution in [1.82, 2.24) is 0 Å². The van der Waals surface area contributed by atoms with Crippen molar-refractivity contribution in [3.63, 3.8) is 0 Å². The van der Waals surface area contributed by atoms with Crippen LogP contribution in [0.2, 0.25) is 0 Å². The molecule has 0 fully saturated rings. The van der Waals surface area contributed by atoms with Crippen LogP contribution in [0.25, 0.3) is 0 Å². The first-order chi connectivity index (χ1) is 27.6. The lowest BCUT2D eigenvalue weighted by molar-refractivity contribution is -0.163. The number of hydrogen-bond acceptors (Lipinski definition) is 5. The minimum Gasteiger partial charge on any atom is -0.462 e. The van der Waals surface area contributed by atoms with Crippen LogP contribution in [-0.4, -0.2) is 37.9 Å². The Morgan fingerprint density at radius 1 is 0.393 bits per heavy atom. The third-order valence-electron chi connectivity index (χ3n) is 11.0. The Kier molecular flexibility index (Phi) is 46.4. The van der Waals surface area contributed by atoms with Gasteiger partial charge in [-0.25, -0.2) is 0 Å². The number of carbonyl (C=O) groups excluding carboxylic acids is 2. The van der Waals surface area contributed by atoms with E-state index >= 15 is 0 Å². The second kappa shape index (κ2) is 47.8. The maximum Gasteiger partial charge on any atom is 0.306 e. The van der Waals surface area contributed by atoms with Crippen LogP contribution in [0.4, 0.5) is 0 Å². The first-order valence-electron chi connectivity index (χ1n) is 24.9. The summed E-state index contributed by atoms with van der Waals surface area (Å²) in [5, 5.41) is 0. The minimum atomic E-state index is -0.534. The Morgan fingerprint density at radius 3 is 1.25 bits per heavy atom. The van der Waals surface area contributed by atoms with Crippen molar-refractivity contribution in [3.05, 3.63) is 24.3 Å². The van der Waals surface area contributed by atoms with E-state index in [1.807, 2.05) is 0 Å². The summed E-state index contributed by atoms with van der Waals surface area (Å²) in [6.07, 6.45) is 54.6. The lowest BCUT2D eigenvalue weighted by Crippen LogP contribution is -2.30. The number of carbonyl (C=O) groups is 2. The predicted molar refractivity (Wildman–Crippen MR) is 242 cm³/mol. The summed E-state index contributed by atoms with van der Waals surface area (Å²) in [4.78, 5) is 25.3. The number of rotatable bonds is 46. The molecule has 0 aliphatic rings. The first-order valence-corrected chi connectivity index (χ1v) is 24.9. The predicted octanol–water partition coefficient (Wildman–Crippen LogP) is 16.5. The van der Waals surface area contributed by atoms with E-state index in [-0.39, 0.29) is 25.2 Å². The van der Waals surface area contributed by atoms with Crippen LogP contribution < -0.4 is 0 Å².